The minimum absolute atomic E-state index is 0.0553. The van der Waals surface area contributed by atoms with E-state index in [1.807, 2.05) is 0 Å². The second-order valence-electron chi connectivity index (χ2n) is 14.3. The molecule has 6 heteroatoms. The highest BCUT2D eigenvalue weighted by Gasteiger charge is 2.72. The van der Waals surface area contributed by atoms with Crippen molar-refractivity contribution in [1.82, 2.24) is 0 Å². The predicted octanol–water partition coefficient (Wildman–Crippen LogP) is 5.91. The van der Waals surface area contributed by atoms with E-state index in [0.717, 1.165) is 51.6 Å². The maximum absolute atomic E-state index is 12.5. The minimum atomic E-state index is -0.466. The molecular formula is C31H48O6. The molecule has 0 aromatic heterocycles. The van der Waals surface area contributed by atoms with Crippen LogP contribution in [0.3, 0.4) is 0 Å². The van der Waals surface area contributed by atoms with Crippen LogP contribution in [0.5, 0.6) is 0 Å². The number of carbonyl (C=O) groups excluding carboxylic acids is 2. The number of esters is 2. The zero-order valence-electron chi connectivity index (χ0n) is 23.8. The number of hydrogen-bond donors (Lipinski definition) is 0. The molecule has 13 atom stereocenters. The summed E-state index contributed by atoms with van der Waals surface area (Å²) < 4.78 is 25.4. The zero-order chi connectivity index (χ0) is 26.3. The Kier molecular flexibility index (Phi) is 6.31. The highest BCUT2D eigenvalue weighted by Crippen LogP contribution is 2.71. The minimum Gasteiger partial charge on any atom is -0.463 e. The van der Waals surface area contributed by atoms with Gasteiger partial charge in [0.05, 0.1) is 12.7 Å². The molecule has 4 aliphatic carbocycles. The highest BCUT2D eigenvalue weighted by atomic mass is 16.7. The molecule has 6 aliphatic rings. The van der Waals surface area contributed by atoms with Crippen molar-refractivity contribution in [3.05, 3.63) is 0 Å². The third-order valence-corrected chi connectivity index (χ3v) is 12.6. The molecular weight excluding hydrogens is 468 g/mol. The normalized spacial score (nSPS) is 54.5. The van der Waals surface area contributed by atoms with E-state index >= 15 is 0 Å². The van der Waals surface area contributed by atoms with Crippen molar-refractivity contribution in [3.63, 3.8) is 0 Å². The fraction of sp³-hybridized carbons (Fsp3) is 0.935. The summed E-state index contributed by atoms with van der Waals surface area (Å²) >= 11 is 0. The lowest BCUT2D eigenvalue weighted by atomic mass is 9.43. The summed E-state index contributed by atoms with van der Waals surface area (Å²) in [5, 5.41) is 0. The van der Waals surface area contributed by atoms with E-state index in [9.17, 15) is 9.59 Å². The lowest BCUT2D eigenvalue weighted by Crippen LogP contribution is -2.60. The van der Waals surface area contributed by atoms with Gasteiger partial charge in [-0.3, -0.25) is 9.59 Å². The first-order chi connectivity index (χ1) is 17.5. The monoisotopic (exact) mass is 516 g/mol. The molecule has 0 bridgehead atoms. The molecule has 6 rings (SSSR count). The topological polar surface area (TPSA) is 71.1 Å². The smallest absolute Gasteiger partial charge is 0.302 e. The third kappa shape index (κ3) is 3.85. The Bertz CT molecular complexity index is 925. The van der Waals surface area contributed by atoms with E-state index in [1.54, 1.807) is 6.92 Å². The molecule has 37 heavy (non-hydrogen) atoms. The van der Waals surface area contributed by atoms with Crippen molar-refractivity contribution in [1.29, 1.82) is 0 Å². The summed E-state index contributed by atoms with van der Waals surface area (Å²) in [6.45, 7) is 13.4. The van der Waals surface area contributed by atoms with E-state index in [4.69, 9.17) is 18.9 Å². The average Bonchev–Trinajstić information content (AvgIpc) is 3.27. The summed E-state index contributed by atoms with van der Waals surface area (Å²) in [6.07, 6.45) is 9.70. The Morgan fingerprint density at radius 1 is 0.865 bits per heavy atom. The summed E-state index contributed by atoms with van der Waals surface area (Å²) in [6, 6.07) is 0. The quantitative estimate of drug-likeness (QED) is 0.425. The number of fused-ring (bicyclic) bond motifs is 7. The molecule has 6 fully saturated rings. The molecule has 2 saturated heterocycles. The molecule has 9 unspecified atom stereocenters. The van der Waals surface area contributed by atoms with Crippen LogP contribution in [0.1, 0.15) is 99.3 Å². The lowest BCUT2D eigenvalue weighted by molar-refractivity contribution is -0.274. The van der Waals surface area contributed by atoms with Gasteiger partial charge in [-0.05, 0) is 86.4 Å². The van der Waals surface area contributed by atoms with Crippen LogP contribution in [0.25, 0.3) is 0 Å². The van der Waals surface area contributed by atoms with Crippen LogP contribution in [0, 0.1) is 52.3 Å². The van der Waals surface area contributed by atoms with Gasteiger partial charge in [-0.2, -0.15) is 0 Å². The van der Waals surface area contributed by atoms with Crippen LogP contribution >= 0.6 is 0 Å². The Hall–Kier alpha value is -1.14. The van der Waals surface area contributed by atoms with Gasteiger partial charge in [0, 0.05) is 37.5 Å². The largest absolute Gasteiger partial charge is 0.463 e. The van der Waals surface area contributed by atoms with Crippen molar-refractivity contribution >= 4 is 11.9 Å². The van der Waals surface area contributed by atoms with Gasteiger partial charge in [-0.1, -0.05) is 27.7 Å². The van der Waals surface area contributed by atoms with E-state index in [0.29, 0.717) is 41.4 Å². The van der Waals surface area contributed by atoms with Gasteiger partial charge >= 0.3 is 11.9 Å². The summed E-state index contributed by atoms with van der Waals surface area (Å²) in [4.78, 5) is 24.1. The Morgan fingerprint density at radius 3 is 2.30 bits per heavy atom. The molecule has 0 aromatic carbocycles. The van der Waals surface area contributed by atoms with Crippen LogP contribution in [-0.4, -0.2) is 42.6 Å². The van der Waals surface area contributed by atoms with E-state index in [2.05, 4.69) is 27.7 Å². The summed E-state index contributed by atoms with van der Waals surface area (Å²) in [5.41, 5.74) is 0.109. The van der Waals surface area contributed by atoms with Crippen molar-refractivity contribution in [2.24, 2.45) is 52.3 Å². The second kappa shape index (κ2) is 8.94. The molecule has 1 spiro atoms. The first kappa shape index (κ1) is 26.1. The van der Waals surface area contributed by atoms with Gasteiger partial charge in [0.1, 0.15) is 12.2 Å². The lowest BCUT2D eigenvalue weighted by Gasteiger charge is -2.62. The average molecular weight is 517 g/mol. The molecule has 0 amide bonds. The second-order valence-corrected chi connectivity index (χ2v) is 14.3. The highest BCUT2D eigenvalue weighted by molar-refractivity contribution is 5.66. The Labute approximate surface area is 222 Å². The number of carbonyl (C=O) groups is 2. The van der Waals surface area contributed by atoms with E-state index in [-0.39, 0.29) is 41.1 Å². The van der Waals surface area contributed by atoms with Crippen LogP contribution in [0.4, 0.5) is 0 Å². The molecule has 0 radical (unpaired) electrons. The molecule has 0 N–H and O–H groups in total. The Morgan fingerprint density at radius 2 is 1.62 bits per heavy atom. The fourth-order valence-corrected chi connectivity index (χ4v) is 10.9. The van der Waals surface area contributed by atoms with E-state index < -0.39 is 5.79 Å². The van der Waals surface area contributed by atoms with Gasteiger partial charge < -0.3 is 18.9 Å². The molecule has 2 heterocycles. The maximum Gasteiger partial charge on any atom is 0.302 e. The van der Waals surface area contributed by atoms with Crippen LogP contribution in [0.15, 0.2) is 0 Å². The third-order valence-electron chi connectivity index (χ3n) is 12.6. The van der Waals surface area contributed by atoms with Gasteiger partial charge in [0.2, 0.25) is 0 Å². The SMILES string of the molecule is CC(=O)OC1CCC2(C)C(CCC3C2CC(OC(C)=O)C2(C)C3C[C@@H]3O[C@]4(CC[C@@H](C)CO4)[C@@H](C)C32)C1. The maximum atomic E-state index is 12.5. The van der Waals surface area contributed by atoms with Crippen LogP contribution in [-0.2, 0) is 28.5 Å². The van der Waals surface area contributed by atoms with Gasteiger partial charge in [-0.25, -0.2) is 0 Å². The summed E-state index contributed by atoms with van der Waals surface area (Å²) in [5.74, 6) is 2.66. The Balaban J connectivity index is 1.30. The standard InChI is InChI=1S/C31H48O6/c1-17-9-12-31(34-16-17)18(2)28-26(37-31)14-25-23-8-7-21-13-22(35-19(3)32)10-11-29(21,5)24(23)15-27(30(25,28)6)36-20(4)33/h17-18,21-28H,7-16H2,1-6H3/t17-,18+,21?,22?,23?,24?,25?,26+,27?,28?,29?,30?,31-/m1/s1. The number of ether oxygens (including phenoxy) is 4. The molecule has 208 valence electrons. The number of rotatable bonds is 2. The number of hydrogen-bond acceptors (Lipinski definition) is 6. The predicted molar refractivity (Wildman–Crippen MR) is 138 cm³/mol. The van der Waals surface area contributed by atoms with Gasteiger partial charge in [0.25, 0.3) is 0 Å². The van der Waals surface area contributed by atoms with Crippen molar-refractivity contribution in [2.45, 2.75) is 123 Å². The van der Waals surface area contributed by atoms with E-state index in [1.165, 1.54) is 19.8 Å². The van der Waals surface area contributed by atoms with Crippen molar-refractivity contribution < 1.29 is 28.5 Å². The molecule has 0 aromatic rings. The molecule has 2 aliphatic heterocycles. The van der Waals surface area contributed by atoms with Crippen molar-refractivity contribution in [3.8, 4) is 0 Å². The van der Waals surface area contributed by atoms with Crippen LogP contribution < -0.4 is 0 Å². The molecule has 6 nitrogen and oxygen atoms in total. The first-order valence-electron chi connectivity index (χ1n) is 15.1. The van der Waals surface area contributed by atoms with Gasteiger partial charge in [0.15, 0.2) is 5.79 Å². The zero-order valence-corrected chi connectivity index (χ0v) is 23.8. The molecule has 4 saturated carbocycles. The fourth-order valence-electron chi connectivity index (χ4n) is 10.9. The van der Waals surface area contributed by atoms with Gasteiger partial charge in [-0.15, -0.1) is 0 Å². The first-order valence-corrected chi connectivity index (χ1v) is 15.1. The van der Waals surface area contributed by atoms with Crippen LogP contribution in [0.2, 0.25) is 0 Å². The van der Waals surface area contributed by atoms with Crippen molar-refractivity contribution in [2.75, 3.05) is 6.61 Å². The summed E-state index contributed by atoms with van der Waals surface area (Å²) in [7, 11) is 0.